The van der Waals surface area contributed by atoms with Crippen LogP contribution in [0.5, 0.6) is 0 Å². The lowest BCUT2D eigenvalue weighted by atomic mass is 10.1. The largest absolute Gasteiger partial charge is 0.462 e. The van der Waals surface area contributed by atoms with Crippen LogP contribution >= 0.6 is 0 Å². The van der Waals surface area contributed by atoms with Gasteiger partial charge in [-0.25, -0.2) is 4.79 Å². The van der Waals surface area contributed by atoms with E-state index in [4.69, 9.17) is 4.74 Å². The van der Waals surface area contributed by atoms with Gasteiger partial charge in [0.25, 0.3) is 5.91 Å². The SMILES string of the molecule is CCCCOC(=O)c1ccc(NC(=O)CCNC(=O)c2cccc(C)c2)cc1. The summed E-state index contributed by atoms with van der Waals surface area (Å²) in [6, 6.07) is 13.8. The van der Waals surface area contributed by atoms with E-state index in [0.29, 0.717) is 23.4 Å². The molecular formula is C22H26N2O4. The summed E-state index contributed by atoms with van der Waals surface area (Å²) in [6.07, 6.45) is 1.95. The molecule has 28 heavy (non-hydrogen) atoms. The van der Waals surface area contributed by atoms with Crippen LogP contribution in [0.3, 0.4) is 0 Å². The van der Waals surface area contributed by atoms with Crippen molar-refractivity contribution in [3.63, 3.8) is 0 Å². The summed E-state index contributed by atoms with van der Waals surface area (Å²) in [7, 11) is 0. The summed E-state index contributed by atoms with van der Waals surface area (Å²) in [5.74, 6) is -0.796. The van der Waals surface area contributed by atoms with Crippen LogP contribution < -0.4 is 10.6 Å². The molecule has 0 radical (unpaired) electrons. The van der Waals surface area contributed by atoms with E-state index in [-0.39, 0.29) is 30.7 Å². The molecule has 0 unspecified atom stereocenters. The van der Waals surface area contributed by atoms with Crippen molar-refractivity contribution in [2.45, 2.75) is 33.1 Å². The number of anilines is 1. The third-order valence-corrected chi connectivity index (χ3v) is 4.05. The first-order chi connectivity index (χ1) is 13.5. The fourth-order valence-electron chi connectivity index (χ4n) is 2.48. The molecule has 2 amide bonds. The molecule has 0 aliphatic heterocycles. The Morgan fingerprint density at radius 1 is 1.00 bits per heavy atom. The zero-order valence-corrected chi connectivity index (χ0v) is 16.3. The van der Waals surface area contributed by atoms with Gasteiger partial charge in [0.05, 0.1) is 12.2 Å². The molecule has 0 saturated carbocycles. The lowest BCUT2D eigenvalue weighted by molar-refractivity contribution is -0.116. The molecule has 0 aromatic heterocycles. The lowest BCUT2D eigenvalue weighted by Gasteiger charge is -2.08. The average Bonchev–Trinajstić information content (AvgIpc) is 2.68. The van der Waals surface area contributed by atoms with Gasteiger partial charge in [0.1, 0.15) is 0 Å². The van der Waals surface area contributed by atoms with Crippen LogP contribution in [-0.2, 0) is 9.53 Å². The number of carbonyl (C=O) groups excluding carboxylic acids is 3. The Labute approximate surface area is 165 Å². The van der Waals surface area contributed by atoms with E-state index in [2.05, 4.69) is 10.6 Å². The number of ether oxygens (including phenoxy) is 1. The monoisotopic (exact) mass is 382 g/mol. The van der Waals surface area contributed by atoms with Crippen molar-refractivity contribution in [1.82, 2.24) is 5.32 Å². The Hall–Kier alpha value is -3.15. The van der Waals surface area contributed by atoms with Gasteiger partial charge in [-0.3, -0.25) is 9.59 Å². The highest BCUT2D eigenvalue weighted by atomic mass is 16.5. The van der Waals surface area contributed by atoms with Crippen LogP contribution in [0.25, 0.3) is 0 Å². The number of benzene rings is 2. The maximum Gasteiger partial charge on any atom is 0.338 e. The van der Waals surface area contributed by atoms with Crippen molar-refractivity contribution in [3.8, 4) is 0 Å². The van der Waals surface area contributed by atoms with Crippen LogP contribution in [0.15, 0.2) is 48.5 Å². The van der Waals surface area contributed by atoms with Crippen molar-refractivity contribution < 1.29 is 19.1 Å². The summed E-state index contributed by atoms with van der Waals surface area (Å²) < 4.78 is 5.14. The predicted molar refractivity (Wildman–Crippen MR) is 108 cm³/mol. The summed E-state index contributed by atoms with van der Waals surface area (Å²) >= 11 is 0. The Morgan fingerprint density at radius 3 is 2.43 bits per heavy atom. The topological polar surface area (TPSA) is 84.5 Å². The standard InChI is InChI=1S/C22H26N2O4/c1-3-4-14-28-22(27)17-8-10-19(11-9-17)24-20(25)12-13-23-21(26)18-7-5-6-16(2)15-18/h5-11,15H,3-4,12-14H2,1-2H3,(H,23,26)(H,24,25). The number of rotatable bonds is 9. The van der Waals surface area contributed by atoms with E-state index in [0.717, 1.165) is 18.4 Å². The van der Waals surface area contributed by atoms with Gasteiger partial charge >= 0.3 is 5.97 Å². The molecule has 0 fully saturated rings. The first-order valence-corrected chi connectivity index (χ1v) is 9.41. The smallest absolute Gasteiger partial charge is 0.338 e. The van der Waals surface area contributed by atoms with Gasteiger partial charge in [0.2, 0.25) is 5.91 Å². The fourth-order valence-corrected chi connectivity index (χ4v) is 2.48. The third-order valence-electron chi connectivity index (χ3n) is 4.05. The molecule has 6 nitrogen and oxygen atoms in total. The molecular weight excluding hydrogens is 356 g/mol. The molecule has 0 saturated heterocycles. The Bertz CT molecular complexity index is 816. The van der Waals surface area contributed by atoms with Crippen LogP contribution in [-0.4, -0.2) is 30.9 Å². The second-order valence-electron chi connectivity index (χ2n) is 6.49. The van der Waals surface area contributed by atoms with Gasteiger partial charge in [0, 0.05) is 24.2 Å². The number of hydrogen-bond donors (Lipinski definition) is 2. The summed E-state index contributed by atoms with van der Waals surface area (Å²) in [5.41, 5.74) is 2.60. The summed E-state index contributed by atoms with van der Waals surface area (Å²) in [6.45, 7) is 4.59. The van der Waals surface area contributed by atoms with Crippen LogP contribution in [0.1, 0.15) is 52.5 Å². The van der Waals surface area contributed by atoms with Crippen molar-refractivity contribution in [2.75, 3.05) is 18.5 Å². The van der Waals surface area contributed by atoms with Crippen LogP contribution in [0.2, 0.25) is 0 Å². The van der Waals surface area contributed by atoms with E-state index in [1.54, 1.807) is 36.4 Å². The number of hydrogen-bond acceptors (Lipinski definition) is 4. The van der Waals surface area contributed by atoms with Crippen LogP contribution in [0.4, 0.5) is 5.69 Å². The van der Waals surface area contributed by atoms with E-state index in [1.165, 1.54) is 0 Å². The number of amides is 2. The highest BCUT2D eigenvalue weighted by molar-refractivity contribution is 5.95. The molecule has 2 aromatic rings. The second-order valence-corrected chi connectivity index (χ2v) is 6.49. The Morgan fingerprint density at radius 2 is 1.75 bits per heavy atom. The summed E-state index contributed by atoms with van der Waals surface area (Å²) in [5, 5.41) is 5.47. The van der Waals surface area contributed by atoms with Crippen molar-refractivity contribution in [3.05, 3.63) is 65.2 Å². The molecule has 0 aliphatic rings. The van der Waals surface area contributed by atoms with Gasteiger partial charge in [0.15, 0.2) is 0 Å². The fraction of sp³-hybridized carbons (Fsp3) is 0.318. The molecule has 6 heteroatoms. The maximum absolute atomic E-state index is 12.0. The number of esters is 1. The van der Waals surface area contributed by atoms with Gasteiger partial charge < -0.3 is 15.4 Å². The van der Waals surface area contributed by atoms with E-state index in [1.807, 2.05) is 26.0 Å². The van der Waals surface area contributed by atoms with Gasteiger partial charge in [-0.05, 0) is 49.7 Å². The van der Waals surface area contributed by atoms with Crippen LogP contribution in [0, 0.1) is 6.92 Å². The maximum atomic E-state index is 12.0. The molecule has 2 aromatic carbocycles. The molecule has 148 valence electrons. The average molecular weight is 382 g/mol. The molecule has 0 heterocycles. The van der Waals surface area contributed by atoms with E-state index in [9.17, 15) is 14.4 Å². The number of nitrogens with one attached hydrogen (secondary N) is 2. The zero-order valence-electron chi connectivity index (χ0n) is 16.3. The minimum Gasteiger partial charge on any atom is -0.462 e. The van der Waals surface area contributed by atoms with Crippen molar-refractivity contribution in [1.29, 1.82) is 0 Å². The van der Waals surface area contributed by atoms with Gasteiger partial charge in [-0.15, -0.1) is 0 Å². The predicted octanol–water partition coefficient (Wildman–Crippen LogP) is 3.71. The van der Waals surface area contributed by atoms with Crippen molar-refractivity contribution in [2.24, 2.45) is 0 Å². The molecule has 2 rings (SSSR count). The first kappa shape index (κ1) is 21.2. The van der Waals surface area contributed by atoms with Crippen molar-refractivity contribution >= 4 is 23.5 Å². The van der Waals surface area contributed by atoms with E-state index < -0.39 is 0 Å². The number of carbonyl (C=O) groups is 3. The quantitative estimate of drug-likeness (QED) is 0.511. The lowest BCUT2D eigenvalue weighted by Crippen LogP contribution is -2.27. The number of unbranched alkanes of at least 4 members (excludes halogenated alkanes) is 1. The minimum absolute atomic E-state index is 0.151. The molecule has 0 atom stereocenters. The molecule has 0 bridgehead atoms. The summed E-state index contributed by atoms with van der Waals surface area (Å²) in [4.78, 5) is 35.9. The Balaban J connectivity index is 1.75. The molecule has 0 spiro atoms. The molecule has 0 aliphatic carbocycles. The van der Waals surface area contributed by atoms with E-state index >= 15 is 0 Å². The second kappa shape index (κ2) is 10.9. The number of aryl methyl sites for hydroxylation is 1. The normalized spacial score (nSPS) is 10.2. The highest BCUT2D eigenvalue weighted by Crippen LogP contribution is 2.11. The highest BCUT2D eigenvalue weighted by Gasteiger charge is 2.09. The minimum atomic E-state index is -0.370. The zero-order chi connectivity index (χ0) is 20.4. The molecule has 2 N–H and O–H groups in total. The third kappa shape index (κ3) is 6.87. The first-order valence-electron chi connectivity index (χ1n) is 9.41. The van der Waals surface area contributed by atoms with Gasteiger partial charge in [-0.1, -0.05) is 31.0 Å². The Kier molecular flexibility index (Phi) is 8.21. The van der Waals surface area contributed by atoms with Gasteiger partial charge in [-0.2, -0.15) is 0 Å².